The number of fused-ring (bicyclic) bond motifs is 5. The second-order valence-corrected chi connectivity index (χ2v) is 12.4. The lowest BCUT2D eigenvalue weighted by Gasteiger charge is -2.57. The van der Waals surface area contributed by atoms with Crippen molar-refractivity contribution in [2.75, 3.05) is 0 Å². The molecule has 31 heavy (non-hydrogen) atoms. The monoisotopic (exact) mass is 426 g/mol. The molecule has 0 spiro atoms. The molecule has 0 amide bonds. The van der Waals surface area contributed by atoms with Crippen molar-refractivity contribution in [2.45, 2.75) is 106 Å². The number of ether oxygens (including phenoxy) is 1. The Morgan fingerprint density at radius 2 is 1.87 bits per heavy atom. The third-order valence-electron chi connectivity index (χ3n) is 10.2. The first-order valence-electron chi connectivity index (χ1n) is 13.2. The molecule has 0 saturated heterocycles. The summed E-state index contributed by atoms with van der Waals surface area (Å²) in [5.74, 6) is 5.88. The molecule has 2 nitrogen and oxygen atoms in total. The van der Waals surface area contributed by atoms with Crippen molar-refractivity contribution in [3.63, 3.8) is 0 Å². The average molecular weight is 427 g/mol. The van der Waals surface area contributed by atoms with E-state index in [4.69, 9.17) is 4.74 Å². The summed E-state index contributed by atoms with van der Waals surface area (Å²) in [5.41, 5.74) is 2.28. The molecule has 0 aromatic rings. The van der Waals surface area contributed by atoms with E-state index in [2.05, 4.69) is 46.8 Å². The number of carbonyl (C=O) groups excluding carboxylic acids is 1. The van der Waals surface area contributed by atoms with Crippen LogP contribution in [0.3, 0.4) is 0 Å². The molecule has 4 aliphatic carbocycles. The topological polar surface area (TPSA) is 26.3 Å². The second-order valence-electron chi connectivity index (χ2n) is 12.4. The Morgan fingerprint density at radius 3 is 2.58 bits per heavy atom. The van der Waals surface area contributed by atoms with Crippen LogP contribution in [0.25, 0.3) is 0 Å². The van der Waals surface area contributed by atoms with Gasteiger partial charge < -0.3 is 4.74 Å². The predicted molar refractivity (Wildman–Crippen MR) is 128 cm³/mol. The number of hydrogen-bond acceptors (Lipinski definition) is 2. The molecule has 2 heteroatoms. The smallest absolute Gasteiger partial charge is 0.307 e. The normalized spacial score (nSPS) is 40.4. The van der Waals surface area contributed by atoms with Gasteiger partial charge in [-0.2, -0.15) is 0 Å². The Balaban J connectivity index is 1.50. The SMILES string of the molecule is CC(=O)OC1=CC2=CCC3C(CCC4(C)C3CCC4[C@H](C)CCCC(C)C)C2(C)CC1. The molecule has 0 radical (unpaired) electrons. The summed E-state index contributed by atoms with van der Waals surface area (Å²) < 4.78 is 5.48. The first kappa shape index (κ1) is 23.1. The van der Waals surface area contributed by atoms with Crippen molar-refractivity contribution in [3.8, 4) is 0 Å². The summed E-state index contributed by atoms with van der Waals surface area (Å²) in [4.78, 5) is 11.4. The quantitative estimate of drug-likeness (QED) is 0.401. The molecule has 0 aromatic carbocycles. The number of esters is 1. The zero-order valence-corrected chi connectivity index (χ0v) is 21.0. The Morgan fingerprint density at radius 1 is 1.10 bits per heavy atom. The molecule has 4 aliphatic rings. The van der Waals surface area contributed by atoms with Crippen LogP contribution in [-0.2, 0) is 9.53 Å². The van der Waals surface area contributed by atoms with Gasteiger partial charge in [-0.25, -0.2) is 0 Å². The van der Waals surface area contributed by atoms with E-state index in [-0.39, 0.29) is 11.4 Å². The summed E-state index contributed by atoms with van der Waals surface area (Å²) in [6, 6.07) is 0. The first-order chi connectivity index (χ1) is 14.6. The van der Waals surface area contributed by atoms with Crippen molar-refractivity contribution in [3.05, 3.63) is 23.5 Å². The lowest BCUT2D eigenvalue weighted by molar-refractivity contribution is -0.137. The van der Waals surface area contributed by atoms with Gasteiger partial charge in [0.2, 0.25) is 0 Å². The van der Waals surface area contributed by atoms with Gasteiger partial charge in [-0.05, 0) is 96.5 Å². The van der Waals surface area contributed by atoms with Crippen LogP contribution in [0.15, 0.2) is 23.5 Å². The summed E-state index contributed by atoms with van der Waals surface area (Å²) in [6.07, 6.45) is 17.9. The van der Waals surface area contributed by atoms with Gasteiger partial charge >= 0.3 is 5.97 Å². The van der Waals surface area contributed by atoms with Crippen LogP contribution in [0.4, 0.5) is 0 Å². The van der Waals surface area contributed by atoms with Crippen molar-refractivity contribution >= 4 is 5.97 Å². The fourth-order valence-electron chi connectivity index (χ4n) is 8.59. The van der Waals surface area contributed by atoms with Crippen molar-refractivity contribution in [1.82, 2.24) is 0 Å². The lowest BCUT2D eigenvalue weighted by atomic mass is 9.47. The Kier molecular flexibility index (Phi) is 6.50. The van der Waals surface area contributed by atoms with Gasteiger partial charge in [0.05, 0.1) is 0 Å². The predicted octanol–water partition coefficient (Wildman–Crippen LogP) is 8.08. The zero-order chi connectivity index (χ0) is 22.4. The highest BCUT2D eigenvalue weighted by molar-refractivity contribution is 5.67. The van der Waals surface area contributed by atoms with Crippen molar-refractivity contribution in [1.29, 1.82) is 0 Å². The molecule has 174 valence electrons. The van der Waals surface area contributed by atoms with E-state index >= 15 is 0 Å². The Hall–Kier alpha value is -1.05. The average Bonchev–Trinajstić information content (AvgIpc) is 3.05. The van der Waals surface area contributed by atoms with E-state index in [0.29, 0.717) is 5.41 Å². The van der Waals surface area contributed by atoms with Crippen LogP contribution in [0.5, 0.6) is 0 Å². The van der Waals surface area contributed by atoms with E-state index in [1.165, 1.54) is 63.9 Å². The maximum absolute atomic E-state index is 11.4. The molecule has 0 heterocycles. The minimum Gasteiger partial charge on any atom is -0.431 e. The van der Waals surface area contributed by atoms with Gasteiger partial charge in [-0.3, -0.25) is 4.79 Å². The van der Waals surface area contributed by atoms with Crippen LogP contribution in [-0.4, -0.2) is 5.97 Å². The fraction of sp³-hybridized carbons (Fsp3) is 0.828. The van der Waals surface area contributed by atoms with Gasteiger partial charge in [0.25, 0.3) is 0 Å². The summed E-state index contributed by atoms with van der Waals surface area (Å²) in [5, 5.41) is 0. The summed E-state index contributed by atoms with van der Waals surface area (Å²) in [7, 11) is 0. The van der Waals surface area contributed by atoms with E-state index in [9.17, 15) is 4.79 Å². The lowest BCUT2D eigenvalue weighted by Crippen LogP contribution is -2.49. The largest absolute Gasteiger partial charge is 0.431 e. The zero-order valence-electron chi connectivity index (χ0n) is 21.0. The summed E-state index contributed by atoms with van der Waals surface area (Å²) in [6.45, 7) is 14.0. The number of rotatable bonds is 6. The van der Waals surface area contributed by atoms with Crippen molar-refractivity contribution < 1.29 is 9.53 Å². The number of carbonyl (C=O) groups is 1. The minimum absolute atomic E-state index is 0.183. The molecule has 2 saturated carbocycles. The van der Waals surface area contributed by atoms with E-state index in [1.54, 1.807) is 0 Å². The fourth-order valence-corrected chi connectivity index (χ4v) is 8.59. The maximum atomic E-state index is 11.4. The van der Waals surface area contributed by atoms with Gasteiger partial charge in [0.1, 0.15) is 5.76 Å². The highest BCUT2D eigenvalue weighted by Crippen LogP contribution is 2.67. The summed E-state index contributed by atoms with van der Waals surface area (Å²) >= 11 is 0. The standard InChI is InChI=1S/C29H46O2/c1-19(2)8-7-9-20(3)25-12-13-26-24-11-10-22-18-23(31-21(4)30)14-16-28(22,5)27(24)15-17-29(25,26)6/h10,18-20,24-27H,7-9,11-17H2,1-6H3/t20-,24?,25?,26?,27?,28?,29?/m1/s1. The molecule has 0 N–H and O–H groups in total. The van der Waals surface area contributed by atoms with Crippen LogP contribution < -0.4 is 0 Å². The van der Waals surface area contributed by atoms with E-state index < -0.39 is 0 Å². The second kappa shape index (κ2) is 8.71. The van der Waals surface area contributed by atoms with E-state index in [0.717, 1.165) is 54.1 Å². The third kappa shape index (κ3) is 4.18. The van der Waals surface area contributed by atoms with Gasteiger partial charge in [-0.15, -0.1) is 0 Å². The van der Waals surface area contributed by atoms with Crippen molar-refractivity contribution in [2.24, 2.45) is 46.3 Å². The molecule has 7 atom stereocenters. The van der Waals surface area contributed by atoms with Crippen LogP contribution in [0.2, 0.25) is 0 Å². The maximum Gasteiger partial charge on any atom is 0.307 e. The molecule has 6 unspecified atom stereocenters. The molecule has 0 bridgehead atoms. The molecule has 0 aromatic heterocycles. The van der Waals surface area contributed by atoms with Gasteiger partial charge in [0, 0.05) is 13.3 Å². The molecular formula is C29H46O2. The number of hydrogen-bond donors (Lipinski definition) is 0. The highest BCUT2D eigenvalue weighted by Gasteiger charge is 2.58. The minimum atomic E-state index is -0.183. The molecule has 4 rings (SSSR count). The van der Waals surface area contributed by atoms with Crippen LogP contribution in [0.1, 0.15) is 106 Å². The van der Waals surface area contributed by atoms with E-state index in [1.807, 2.05) is 0 Å². The van der Waals surface area contributed by atoms with Gasteiger partial charge in [0.15, 0.2) is 0 Å². The molecule has 0 aliphatic heterocycles. The van der Waals surface area contributed by atoms with Crippen LogP contribution >= 0.6 is 0 Å². The molecular weight excluding hydrogens is 380 g/mol. The Labute approximate surface area is 191 Å². The number of allylic oxidation sites excluding steroid dienone is 4. The highest BCUT2D eigenvalue weighted by atomic mass is 16.5. The Bertz CT molecular complexity index is 746. The molecule has 2 fully saturated rings. The first-order valence-corrected chi connectivity index (χ1v) is 13.2. The van der Waals surface area contributed by atoms with Gasteiger partial charge in [-0.1, -0.05) is 60.0 Å². The third-order valence-corrected chi connectivity index (χ3v) is 10.2. The van der Waals surface area contributed by atoms with Crippen LogP contribution in [0, 0.1) is 46.3 Å².